The van der Waals surface area contributed by atoms with E-state index >= 15 is 0 Å². The summed E-state index contributed by atoms with van der Waals surface area (Å²) in [6.45, 7) is 0.452. The van der Waals surface area contributed by atoms with Crippen LogP contribution in [0.5, 0.6) is 0 Å². The van der Waals surface area contributed by atoms with Crippen LogP contribution in [0.1, 0.15) is 16.2 Å². The van der Waals surface area contributed by atoms with Crippen LogP contribution < -0.4 is 11.1 Å². The lowest BCUT2D eigenvalue weighted by Gasteiger charge is -2.10. The average molecular weight is 246 g/mol. The molecule has 1 aromatic heterocycles. The molecule has 94 valence electrons. The largest absolute Gasteiger partial charge is 0.478 e. The van der Waals surface area contributed by atoms with E-state index in [0.29, 0.717) is 17.9 Å². The third-order valence-corrected chi connectivity index (χ3v) is 2.63. The molecule has 4 N–H and O–H groups in total. The topological polar surface area (TPSA) is 93.2 Å². The van der Waals surface area contributed by atoms with Crippen molar-refractivity contribution in [2.75, 3.05) is 11.1 Å². The second kappa shape index (κ2) is 4.79. The molecule has 0 saturated carbocycles. The predicted molar refractivity (Wildman–Crippen MR) is 68.3 cm³/mol. The van der Waals surface area contributed by atoms with Crippen molar-refractivity contribution in [3.63, 3.8) is 0 Å². The van der Waals surface area contributed by atoms with Gasteiger partial charge in [0.25, 0.3) is 0 Å². The van der Waals surface area contributed by atoms with E-state index in [0.717, 1.165) is 5.82 Å². The molecule has 0 aliphatic carbocycles. The van der Waals surface area contributed by atoms with Crippen molar-refractivity contribution in [3.05, 3.63) is 42.0 Å². The molecule has 0 aliphatic rings. The number of aromatic carboxylic acids is 1. The molecule has 2 aromatic rings. The first kappa shape index (κ1) is 12.0. The van der Waals surface area contributed by atoms with Crippen LogP contribution >= 0.6 is 0 Å². The Morgan fingerprint density at radius 1 is 1.56 bits per heavy atom. The van der Waals surface area contributed by atoms with Crippen molar-refractivity contribution in [2.45, 2.75) is 6.54 Å². The van der Waals surface area contributed by atoms with Gasteiger partial charge >= 0.3 is 5.97 Å². The molecular formula is C12H14N4O2. The Hall–Kier alpha value is -2.50. The van der Waals surface area contributed by atoms with Crippen molar-refractivity contribution >= 4 is 17.3 Å². The van der Waals surface area contributed by atoms with E-state index in [-0.39, 0.29) is 5.56 Å². The van der Waals surface area contributed by atoms with Gasteiger partial charge in [0.15, 0.2) is 0 Å². The van der Waals surface area contributed by atoms with Crippen molar-refractivity contribution in [1.29, 1.82) is 0 Å². The third-order valence-electron chi connectivity index (χ3n) is 2.63. The molecular weight excluding hydrogens is 232 g/mol. The summed E-state index contributed by atoms with van der Waals surface area (Å²) in [5.41, 5.74) is 6.68. The Labute approximate surface area is 104 Å². The van der Waals surface area contributed by atoms with Crippen LogP contribution in [-0.4, -0.2) is 20.6 Å². The zero-order valence-corrected chi connectivity index (χ0v) is 9.92. The Morgan fingerprint density at radius 2 is 2.33 bits per heavy atom. The van der Waals surface area contributed by atoms with Gasteiger partial charge in [-0.25, -0.2) is 9.78 Å². The number of imidazole rings is 1. The first-order valence-corrected chi connectivity index (χ1v) is 5.41. The fourth-order valence-corrected chi connectivity index (χ4v) is 1.63. The molecule has 0 atom stereocenters. The van der Waals surface area contributed by atoms with E-state index in [1.807, 2.05) is 17.8 Å². The Kier molecular flexibility index (Phi) is 3.18. The zero-order chi connectivity index (χ0) is 13.1. The van der Waals surface area contributed by atoms with Crippen molar-refractivity contribution < 1.29 is 9.90 Å². The van der Waals surface area contributed by atoms with E-state index in [4.69, 9.17) is 10.8 Å². The number of nitrogen functional groups attached to an aromatic ring is 1. The molecule has 1 heterocycles. The van der Waals surface area contributed by atoms with Crippen LogP contribution in [0, 0.1) is 0 Å². The SMILES string of the molecule is Cn1ccnc1CNc1ccc(N)cc1C(=O)O. The van der Waals surface area contributed by atoms with Gasteiger partial charge in [0.05, 0.1) is 12.1 Å². The molecule has 0 radical (unpaired) electrons. The molecule has 18 heavy (non-hydrogen) atoms. The molecule has 6 nitrogen and oxygen atoms in total. The number of hydrogen-bond donors (Lipinski definition) is 3. The zero-order valence-electron chi connectivity index (χ0n) is 9.92. The predicted octanol–water partition coefficient (Wildman–Crippen LogP) is 1.31. The number of hydrogen-bond acceptors (Lipinski definition) is 4. The van der Waals surface area contributed by atoms with Crippen LogP contribution in [0.25, 0.3) is 0 Å². The highest BCUT2D eigenvalue weighted by molar-refractivity contribution is 5.95. The van der Waals surface area contributed by atoms with E-state index < -0.39 is 5.97 Å². The summed E-state index contributed by atoms with van der Waals surface area (Å²) in [7, 11) is 1.88. The molecule has 1 aromatic carbocycles. The minimum absolute atomic E-state index is 0.157. The summed E-state index contributed by atoms with van der Waals surface area (Å²) in [5, 5.41) is 12.1. The monoisotopic (exact) mass is 246 g/mol. The minimum Gasteiger partial charge on any atom is -0.478 e. The number of nitrogens with zero attached hydrogens (tertiary/aromatic N) is 2. The number of rotatable bonds is 4. The lowest BCUT2D eigenvalue weighted by molar-refractivity contribution is 0.0698. The van der Waals surface area contributed by atoms with Gasteiger partial charge in [-0.15, -0.1) is 0 Å². The van der Waals surface area contributed by atoms with Crippen LogP contribution in [0.2, 0.25) is 0 Å². The number of nitrogens with two attached hydrogens (primary N) is 1. The molecule has 0 saturated heterocycles. The van der Waals surface area contributed by atoms with Crippen LogP contribution in [0.15, 0.2) is 30.6 Å². The molecule has 0 bridgehead atoms. The summed E-state index contributed by atoms with van der Waals surface area (Å²) < 4.78 is 1.87. The van der Waals surface area contributed by atoms with Crippen LogP contribution in [0.4, 0.5) is 11.4 Å². The summed E-state index contributed by atoms with van der Waals surface area (Å²) in [6.07, 6.45) is 3.52. The summed E-state index contributed by atoms with van der Waals surface area (Å²) >= 11 is 0. The van der Waals surface area contributed by atoms with Crippen molar-refractivity contribution in [1.82, 2.24) is 9.55 Å². The van der Waals surface area contributed by atoms with Gasteiger partial charge in [-0.1, -0.05) is 0 Å². The number of carboxylic acids is 1. The number of nitrogens with one attached hydrogen (secondary N) is 1. The number of aryl methyl sites for hydroxylation is 1. The lowest BCUT2D eigenvalue weighted by Crippen LogP contribution is -2.09. The number of anilines is 2. The van der Waals surface area contributed by atoms with Gasteiger partial charge in [0, 0.05) is 30.8 Å². The number of carbonyl (C=O) groups is 1. The third kappa shape index (κ3) is 2.42. The number of carboxylic acid groups (broad SMARTS) is 1. The first-order chi connectivity index (χ1) is 8.58. The molecule has 6 heteroatoms. The Balaban J connectivity index is 2.19. The molecule has 0 unspecified atom stereocenters. The highest BCUT2D eigenvalue weighted by Gasteiger charge is 2.10. The fourth-order valence-electron chi connectivity index (χ4n) is 1.63. The quantitative estimate of drug-likeness (QED) is 0.707. The van der Waals surface area contributed by atoms with Gasteiger partial charge in [-0.3, -0.25) is 0 Å². The molecule has 0 spiro atoms. The van der Waals surface area contributed by atoms with Gasteiger partial charge in [-0.2, -0.15) is 0 Å². The normalized spacial score (nSPS) is 10.3. The van der Waals surface area contributed by atoms with Gasteiger partial charge in [0.2, 0.25) is 0 Å². The summed E-state index contributed by atoms with van der Waals surface area (Å²) in [6, 6.07) is 4.75. The molecule has 0 amide bonds. The van der Waals surface area contributed by atoms with Crippen LogP contribution in [0.3, 0.4) is 0 Å². The van der Waals surface area contributed by atoms with E-state index in [9.17, 15) is 4.79 Å². The van der Waals surface area contributed by atoms with Crippen molar-refractivity contribution in [3.8, 4) is 0 Å². The summed E-state index contributed by atoms with van der Waals surface area (Å²) in [4.78, 5) is 15.2. The van der Waals surface area contributed by atoms with Gasteiger partial charge in [-0.05, 0) is 18.2 Å². The maximum absolute atomic E-state index is 11.1. The standard InChI is InChI=1S/C12H14N4O2/c1-16-5-4-14-11(16)7-15-10-3-2-8(13)6-9(10)12(17)18/h2-6,15H,7,13H2,1H3,(H,17,18). The molecule has 0 aliphatic heterocycles. The Morgan fingerprint density at radius 3 is 2.94 bits per heavy atom. The maximum atomic E-state index is 11.1. The second-order valence-electron chi connectivity index (χ2n) is 3.92. The van der Waals surface area contributed by atoms with Crippen LogP contribution in [-0.2, 0) is 13.6 Å². The van der Waals surface area contributed by atoms with Gasteiger partial charge < -0.3 is 20.7 Å². The van der Waals surface area contributed by atoms with Crippen molar-refractivity contribution in [2.24, 2.45) is 7.05 Å². The maximum Gasteiger partial charge on any atom is 0.337 e. The minimum atomic E-state index is -1.01. The smallest absolute Gasteiger partial charge is 0.337 e. The van der Waals surface area contributed by atoms with E-state index in [1.54, 1.807) is 18.3 Å². The van der Waals surface area contributed by atoms with Gasteiger partial charge in [0.1, 0.15) is 5.82 Å². The molecule has 0 fully saturated rings. The average Bonchev–Trinajstić information content (AvgIpc) is 2.73. The second-order valence-corrected chi connectivity index (χ2v) is 3.92. The molecule has 2 rings (SSSR count). The number of aromatic nitrogens is 2. The summed E-state index contributed by atoms with van der Waals surface area (Å²) in [5.74, 6) is -0.187. The number of benzene rings is 1. The first-order valence-electron chi connectivity index (χ1n) is 5.41. The highest BCUT2D eigenvalue weighted by Crippen LogP contribution is 2.19. The fraction of sp³-hybridized carbons (Fsp3) is 0.167. The highest BCUT2D eigenvalue weighted by atomic mass is 16.4. The van der Waals surface area contributed by atoms with E-state index in [1.165, 1.54) is 6.07 Å². The Bertz CT molecular complexity index is 577. The van der Waals surface area contributed by atoms with E-state index in [2.05, 4.69) is 10.3 Å². The lowest BCUT2D eigenvalue weighted by atomic mass is 10.1.